The van der Waals surface area contributed by atoms with E-state index in [0.29, 0.717) is 44.3 Å². The van der Waals surface area contributed by atoms with Crippen molar-refractivity contribution in [2.24, 2.45) is 0 Å². The summed E-state index contributed by atoms with van der Waals surface area (Å²) >= 11 is 0. The lowest BCUT2D eigenvalue weighted by Crippen LogP contribution is -2.37. The number of pyridine rings is 2. The number of phenols is 1. The van der Waals surface area contributed by atoms with Gasteiger partial charge >= 0.3 is 23.9 Å². The lowest BCUT2D eigenvalue weighted by atomic mass is 9.89. The molecule has 0 saturated heterocycles. The van der Waals surface area contributed by atoms with Gasteiger partial charge < -0.3 is 44.3 Å². The molecule has 2 aromatic heterocycles. The van der Waals surface area contributed by atoms with Gasteiger partial charge in [-0.2, -0.15) is 0 Å². The van der Waals surface area contributed by atoms with Crippen molar-refractivity contribution in [2.75, 3.05) is 57.4 Å². The number of carboxylic acids is 4. The topological polar surface area (TPSA) is 250 Å². The van der Waals surface area contributed by atoms with Crippen molar-refractivity contribution in [2.45, 2.75) is 0 Å². The average molecular weight is 793 g/mol. The third-order valence-corrected chi connectivity index (χ3v) is 8.92. The van der Waals surface area contributed by atoms with Crippen LogP contribution in [0.2, 0.25) is 0 Å². The second kappa shape index (κ2) is 18.1. The van der Waals surface area contributed by atoms with E-state index in [1.165, 1.54) is 23.1 Å². The van der Waals surface area contributed by atoms with Gasteiger partial charge in [-0.1, -0.05) is 6.07 Å². The van der Waals surface area contributed by atoms with Crippen molar-refractivity contribution < 1.29 is 58.6 Å². The van der Waals surface area contributed by atoms with Crippen LogP contribution in [0.1, 0.15) is 0 Å². The van der Waals surface area contributed by atoms with Gasteiger partial charge in [0.25, 0.3) is 0 Å². The Labute approximate surface area is 328 Å². The van der Waals surface area contributed by atoms with Crippen LogP contribution in [0.25, 0.3) is 55.7 Å². The van der Waals surface area contributed by atoms with E-state index < -0.39 is 50.1 Å². The normalized spacial score (nSPS) is 11.2. The first-order valence-corrected chi connectivity index (χ1v) is 17.7. The van der Waals surface area contributed by atoms with Crippen LogP contribution < -0.4 is 15.1 Å². The molecule has 1 aliphatic heterocycles. The fourth-order valence-electron chi connectivity index (χ4n) is 6.49. The summed E-state index contributed by atoms with van der Waals surface area (Å²) in [6, 6.07) is 17.8. The second-order valence-electron chi connectivity index (χ2n) is 12.9. The van der Waals surface area contributed by atoms with E-state index in [1.807, 2.05) is 0 Å². The Balaban J connectivity index is 1.47. The molecule has 0 saturated carbocycles. The minimum Gasteiger partial charge on any atom is -0.507 e. The number of hydrogen-bond donors (Lipinski definition) is 5. The first-order chi connectivity index (χ1) is 27.9. The monoisotopic (exact) mass is 792 g/mol. The molecule has 17 heteroatoms. The zero-order valence-electron chi connectivity index (χ0n) is 30.6. The molecule has 2 aromatic carbocycles. The predicted molar refractivity (Wildman–Crippen MR) is 208 cm³/mol. The maximum atomic E-state index is 13.5. The summed E-state index contributed by atoms with van der Waals surface area (Å²) in [5.74, 6) is -4.83. The van der Waals surface area contributed by atoms with E-state index in [9.17, 15) is 39.3 Å². The molecule has 17 nitrogen and oxygen atoms in total. The number of anilines is 1. The van der Waals surface area contributed by atoms with Gasteiger partial charge in [0.1, 0.15) is 42.5 Å². The average Bonchev–Trinajstić information content (AvgIpc) is 3.17. The van der Waals surface area contributed by atoms with Crippen molar-refractivity contribution in [1.29, 1.82) is 0 Å². The molecule has 4 aromatic rings. The Kier molecular flexibility index (Phi) is 12.5. The number of hydrogen-bond acceptors (Lipinski definition) is 13. The first kappa shape index (κ1) is 40.3. The third-order valence-electron chi connectivity index (χ3n) is 8.92. The zero-order valence-corrected chi connectivity index (χ0v) is 30.6. The molecular formula is C41H36N4O13. The van der Waals surface area contributed by atoms with Gasteiger partial charge in [-0.25, -0.2) is 0 Å². The minimum absolute atomic E-state index is 0.00681. The van der Waals surface area contributed by atoms with Crippen LogP contribution in [0.5, 0.6) is 11.5 Å². The summed E-state index contributed by atoms with van der Waals surface area (Å²) < 4.78 is 18.0. The maximum Gasteiger partial charge on any atom is 0.323 e. The van der Waals surface area contributed by atoms with E-state index >= 15 is 0 Å². The van der Waals surface area contributed by atoms with Gasteiger partial charge in [0.05, 0.1) is 32.0 Å². The smallest absolute Gasteiger partial charge is 0.323 e. The van der Waals surface area contributed by atoms with Gasteiger partial charge in [-0.05, 0) is 65.2 Å². The molecule has 1 aliphatic carbocycles. The number of carboxylic acid groups (broad SMARTS) is 4. The summed E-state index contributed by atoms with van der Waals surface area (Å²) in [4.78, 5) is 70.0. The Bertz CT molecular complexity index is 2460. The van der Waals surface area contributed by atoms with Crippen LogP contribution in [0.4, 0.5) is 5.69 Å². The summed E-state index contributed by atoms with van der Waals surface area (Å²) in [5.41, 5.74) is 3.59. The predicted octanol–water partition coefficient (Wildman–Crippen LogP) is 4.24. The maximum absolute atomic E-state index is 13.5. The Hall–Kier alpha value is -7.37. The van der Waals surface area contributed by atoms with Crippen molar-refractivity contribution in [3.63, 3.8) is 0 Å². The van der Waals surface area contributed by atoms with Crippen LogP contribution in [0.15, 0.2) is 101 Å². The molecule has 0 amide bonds. The summed E-state index contributed by atoms with van der Waals surface area (Å²) in [5, 5.41) is 49.3. The molecule has 5 N–H and O–H groups in total. The summed E-state index contributed by atoms with van der Waals surface area (Å²) in [7, 11) is 0. The van der Waals surface area contributed by atoms with Crippen molar-refractivity contribution in [3.05, 3.63) is 102 Å². The van der Waals surface area contributed by atoms with Gasteiger partial charge in [0, 0.05) is 71.1 Å². The number of aliphatic carboxylic acids is 4. The number of aromatic hydroxyl groups is 1. The Morgan fingerprint density at radius 1 is 0.638 bits per heavy atom. The standard InChI is InChI=1S/C41H36N4O13/c46-32-18-34-29(16-27(32)24-3-7-42-8-4-24)41(30-17-28(25-5-9-43-10-6-25)33(47)19-35(30)58-34)26-1-2-31(45(22-39(52)53)23-40(54)55)36(15-26)57-14-13-56-12-11-44(20-37(48)49)21-38(50)51/h1-10,15-19,46H,11-14,20-23H2,(H,48,49)(H,50,51)(H,52,53)(H,54,55). The minimum atomic E-state index is -1.30. The SMILES string of the molecule is O=C(O)CN(CCOCCOc1cc(-c2c3cc(-c4ccncc4)c(=O)cc-3oc3cc(O)c(-c4ccncc4)cc23)ccc1N(CC(=O)O)CC(=O)O)CC(=O)O. The number of ether oxygens (including phenoxy) is 2. The Morgan fingerprint density at radius 2 is 1.24 bits per heavy atom. The number of phenolic OH excluding ortho intramolecular Hbond substituents is 1. The van der Waals surface area contributed by atoms with Crippen LogP contribution in [0, 0.1) is 0 Å². The molecule has 0 unspecified atom stereocenters. The highest BCUT2D eigenvalue weighted by Crippen LogP contribution is 2.46. The van der Waals surface area contributed by atoms with E-state index in [0.717, 1.165) is 4.90 Å². The van der Waals surface area contributed by atoms with Crippen molar-refractivity contribution in [1.82, 2.24) is 14.9 Å². The van der Waals surface area contributed by atoms with Crippen LogP contribution in [-0.4, -0.2) is 117 Å². The fourth-order valence-corrected chi connectivity index (χ4v) is 6.49. The highest BCUT2D eigenvalue weighted by molar-refractivity contribution is 6.05. The molecule has 0 bridgehead atoms. The molecule has 298 valence electrons. The molecule has 2 aliphatic rings. The molecule has 58 heavy (non-hydrogen) atoms. The van der Waals surface area contributed by atoms with Gasteiger partial charge in [-0.3, -0.25) is 38.8 Å². The van der Waals surface area contributed by atoms with Gasteiger partial charge in [-0.15, -0.1) is 0 Å². The third kappa shape index (κ3) is 9.70. The number of aromatic nitrogens is 2. The van der Waals surface area contributed by atoms with Gasteiger partial charge in [0.15, 0.2) is 5.43 Å². The molecule has 0 atom stereocenters. The summed E-state index contributed by atoms with van der Waals surface area (Å²) in [6.45, 7) is -2.65. The lowest BCUT2D eigenvalue weighted by molar-refractivity contribution is -0.142. The van der Waals surface area contributed by atoms with Crippen LogP contribution >= 0.6 is 0 Å². The number of carbonyl (C=O) groups is 4. The lowest BCUT2D eigenvalue weighted by Gasteiger charge is -2.25. The fraction of sp³-hybridized carbons (Fsp3) is 0.195. The number of benzene rings is 3. The molecule has 0 fully saturated rings. The Morgan fingerprint density at radius 3 is 1.84 bits per heavy atom. The van der Waals surface area contributed by atoms with Crippen molar-refractivity contribution >= 4 is 40.5 Å². The molecule has 0 spiro atoms. The second-order valence-corrected chi connectivity index (χ2v) is 12.9. The van der Waals surface area contributed by atoms with E-state index in [-0.39, 0.29) is 60.3 Å². The highest BCUT2D eigenvalue weighted by atomic mass is 16.5. The summed E-state index contributed by atoms with van der Waals surface area (Å²) in [6.07, 6.45) is 6.27. The van der Waals surface area contributed by atoms with E-state index in [4.69, 9.17) is 24.1 Å². The molecule has 0 radical (unpaired) electrons. The number of nitrogens with zero attached hydrogens (tertiary/aromatic N) is 4. The number of rotatable bonds is 19. The molecule has 3 heterocycles. The molecular weight excluding hydrogens is 756 g/mol. The van der Waals surface area contributed by atoms with Gasteiger partial charge in [0.2, 0.25) is 0 Å². The highest BCUT2D eigenvalue weighted by Gasteiger charge is 2.25. The number of fused-ring (bicyclic) bond motifs is 2. The zero-order chi connectivity index (χ0) is 41.3. The van der Waals surface area contributed by atoms with Crippen molar-refractivity contribution in [3.8, 4) is 56.2 Å². The largest absolute Gasteiger partial charge is 0.507 e. The van der Waals surface area contributed by atoms with Crippen LogP contribution in [0.3, 0.4) is 0 Å². The first-order valence-electron chi connectivity index (χ1n) is 17.7. The quantitative estimate of drug-likeness (QED) is 0.0568. The molecule has 6 rings (SSSR count). The van der Waals surface area contributed by atoms with E-state index in [2.05, 4.69) is 9.97 Å². The van der Waals surface area contributed by atoms with E-state index in [1.54, 1.807) is 73.3 Å². The van der Waals surface area contributed by atoms with Crippen LogP contribution in [-0.2, 0) is 23.9 Å².